The van der Waals surface area contributed by atoms with Gasteiger partial charge < -0.3 is 4.57 Å². The normalized spacial score (nSPS) is 12.6. The Bertz CT molecular complexity index is 474. The molecule has 0 aliphatic rings. The van der Waals surface area contributed by atoms with E-state index in [0.29, 0.717) is 0 Å². The van der Waals surface area contributed by atoms with Crippen LogP contribution in [-0.4, -0.2) is 31.6 Å². The fraction of sp³-hybridized carbons (Fsp3) is 0.545. The molecule has 17 heavy (non-hydrogen) atoms. The fourth-order valence-corrected chi connectivity index (χ4v) is 1.70. The van der Waals surface area contributed by atoms with Gasteiger partial charge in [-0.2, -0.15) is 8.42 Å². The lowest BCUT2D eigenvalue weighted by Crippen LogP contribution is -2.33. The Morgan fingerprint density at radius 3 is 2.29 bits per heavy atom. The molecule has 0 fully saturated rings. The van der Waals surface area contributed by atoms with E-state index in [9.17, 15) is 13.2 Å². The van der Waals surface area contributed by atoms with Crippen LogP contribution in [0.1, 0.15) is 13.8 Å². The predicted molar refractivity (Wildman–Crippen MR) is 64.0 cm³/mol. The van der Waals surface area contributed by atoms with Gasteiger partial charge in [0.15, 0.2) is 5.78 Å². The zero-order chi connectivity index (χ0) is 13.1. The van der Waals surface area contributed by atoms with Crippen molar-refractivity contribution in [2.75, 3.05) is 12.9 Å². The molecule has 96 valence electrons. The van der Waals surface area contributed by atoms with E-state index in [1.165, 1.54) is 0 Å². The van der Waals surface area contributed by atoms with Crippen LogP contribution < -0.4 is 0 Å². The molecule has 0 saturated carbocycles. The van der Waals surface area contributed by atoms with Crippen LogP contribution in [0.3, 0.4) is 0 Å². The van der Waals surface area contributed by atoms with Crippen LogP contribution in [0.4, 0.5) is 0 Å². The summed E-state index contributed by atoms with van der Waals surface area (Å²) in [5, 5.41) is 0. The minimum atomic E-state index is -3.51. The summed E-state index contributed by atoms with van der Waals surface area (Å²) in [5.41, 5.74) is -0.826. The first-order valence-corrected chi connectivity index (χ1v) is 7.01. The van der Waals surface area contributed by atoms with Crippen molar-refractivity contribution in [3.8, 4) is 0 Å². The second-order valence-corrected chi connectivity index (χ2v) is 6.27. The van der Waals surface area contributed by atoms with Crippen LogP contribution in [-0.2, 0) is 25.6 Å². The topological polar surface area (TPSA) is 65.4 Å². The van der Waals surface area contributed by atoms with Crippen molar-refractivity contribution in [1.29, 1.82) is 0 Å². The van der Waals surface area contributed by atoms with Crippen LogP contribution in [0.15, 0.2) is 24.5 Å². The van der Waals surface area contributed by atoms with Crippen LogP contribution in [0.25, 0.3) is 0 Å². The average Bonchev–Trinajstić information content (AvgIpc) is 2.66. The highest BCUT2D eigenvalue weighted by Gasteiger charge is 2.29. The van der Waals surface area contributed by atoms with E-state index in [0.717, 1.165) is 6.26 Å². The second-order valence-electron chi connectivity index (χ2n) is 4.63. The maximum atomic E-state index is 12.0. The Morgan fingerprint density at radius 1 is 1.29 bits per heavy atom. The summed E-state index contributed by atoms with van der Waals surface area (Å²) in [6.45, 7) is 3.42. The van der Waals surface area contributed by atoms with Crippen LogP contribution in [0, 0.1) is 5.41 Å². The van der Waals surface area contributed by atoms with Crippen LogP contribution in [0.5, 0.6) is 0 Å². The minimum Gasteiger partial charge on any atom is -0.347 e. The molecule has 1 rings (SSSR count). The van der Waals surface area contributed by atoms with E-state index in [-0.39, 0.29) is 18.9 Å². The van der Waals surface area contributed by atoms with E-state index in [1.54, 1.807) is 30.8 Å². The van der Waals surface area contributed by atoms with Crippen LogP contribution >= 0.6 is 0 Å². The lowest BCUT2D eigenvalue weighted by molar-refractivity contribution is -0.129. The first-order valence-electron chi connectivity index (χ1n) is 5.19. The van der Waals surface area contributed by atoms with E-state index in [4.69, 9.17) is 0 Å². The number of carbonyl (C=O) groups excluding carboxylic acids is 1. The molecular formula is C11H17NO4S. The highest BCUT2D eigenvalue weighted by molar-refractivity contribution is 7.85. The van der Waals surface area contributed by atoms with Crippen molar-refractivity contribution in [1.82, 2.24) is 4.57 Å². The monoisotopic (exact) mass is 259 g/mol. The Balaban J connectivity index is 2.60. The number of aromatic nitrogens is 1. The van der Waals surface area contributed by atoms with Gasteiger partial charge in [-0.15, -0.1) is 0 Å². The molecule has 1 aromatic rings. The minimum absolute atomic E-state index is 0.0719. The van der Waals surface area contributed by atoms with Gasteiger partial charge in [-0.3, -0.25) is 8.98 Å². The van der Waals surface area contributed by atoms with E-state index < -0.39 is 15.5 Å². The summed E-state index contributed by atoms with van der Waals surface area (Å²) >= 11 is 0. The van der Waals surface area contributed by atoms with Gasteiger partial charge in [0.2, 0.25) is 0 Å². The summed E-state index contributed by atoms with van der Waals surface area (Å²) in [5.74, 6) is -0.0719. The number of nitrogens with zero attached hydrogens (tertiary/aromatic N) is 1. The van der Waals surface area contributed by atoms with Gasteiger partial charge >= 0.3 is 0 Å². The van der Waals surface area contributed by atoms with Gasteiger partial charge in [0.25, 0.3) is 10.1 Å². The summed E-state index contributed by atoms with van der Waals surface area (Å²) < 4.78 is 28.2. The molecule has 0 atom stereocenters. The van der Waals surface area contributed by atoms with Gasteiger partial charge in [-0.05, 0) is 12.1 Å². The number of rotatable bonds is 6. The molecule has 0 N–H and O–H groups in total. The largest absolute Gasteiger partial charge is 0.347 e. The van der Waals surface area contributed by atoms with Crippen molar-refractivity contribution < 1.29 is 17.4 Å². The molecule has 0 aromatic carbocycles. The third-order valence-electron chi connectivity index (χ3n) is 2.38. The van der Waals surface area contributed by atoms with Crippen molar-refractivity contribution in [3.63, 3.8) is 0 Å². The zero-order valence-corrected chi connectivity index (χ0v) is 11.0. The van der Waals surface area contributed by atoms with Gasteiger partial charge in [0, 0.05) is 12.4 Å². The molecule has 0 radical (unpaired) electrons. The van der Waals surface area contributed by atoms with Gasteiger partial charge in [0.05, 0.1) is 24.8 Å². The second kappa shape index (κ2) is 5.01. The summed E-state index contributed by atoms with van der Waals surface area (Å²) in [6.07, 6.45) is 4.54. The van der Waals surface area contributed by atoms with Crippen molar-refractivity contribution >= 4 is 15.9 Å². The number of hydrogen-bond acceptors (Lipinski definition) is 4. The molecule has 0 amide bonds. The Kier molecular flexibility index (Phi) is 4.11. The molecule has 5 nitrogen and oxygen atoms in total. The van der Waals surface area contributed by atoms with Crippen molar-refractivity contribution in [2.45, 2.75) is 20.4 Å². The summed E-state index contributed by atoms with van der Waals surface area (Å²) in [4.78, 5) is 12.0. The first kappa shape index (κ1) is 13.9. The number of Topliss-reactive ketones (excluding diaryl/α,β-unsaturated/α-hetero) is 1. The van der Waals surface area contributed by atoms with Gasteiger partial charge in [0.1, 0.15) is 0 Å². The third-order valence-corrected chi connectivity index (χ3v) is 2.93. The molecule has 0 bridgehead atoms. The molecule has 6 heteroatoms. The van der Waals surface area contributed by atoms with E-state index in [2.05, 4.69) is 4.18 Å². The predicted octanol–water partition coefficient (Wildman–Crippen LogP) is 1.06. The highest BCUT2D eigenvalue weighted by atomic mass is 32.2. The molecule has 0 unspecified atom stereocenters. The SMILES string of the molecule is CC(C)(COS(C)(=O)=O)C(=O)Cn1cccc1. The molecule has 1 heterocycles. The number of ketones is 1. The Labute approximate surface area is 102 Å². The Morgan fingerprint density at radius 2 is 1.82 bits per heavy atom. The number of carbonyl (C=O) groups is 1. The first-order chi connectivity index (χ1) is 7.71. The van der Waals surface area contributed by atoms with E-state index >= 15 is 0 Å². The lowest BCUT2D eigenvalue weighted by Gasteiger charge is -2.22. The fourth-order valence-electron chi connectivity index (χ4n) is 1.19. The highest BCUT2D eigenvalue weighted by Crippen LogP contribution is 2.19. The molecule has 0 aliphatic carbocycles. The molecule has 0 aliphatic heterocycles. The third kappa shape index (κ3) is 4.70. The zero-order valence-electron chi connectivity index (χ0n) is 10.2. The molecular weight excluding hydrogens is 242 g/mol. The smallest absolute Gasteiger partial charge is 0.264 e. The van der Waals surface area contributed by atoms with Gasteiger partial charge in [-0.25, -0.2) is 0 Å². The average molecular weight is 259 g/mol. The summed E-state index contributed by atoms with van der Waals surface area (Å²) in [7, 11) is -3.51. The van der Waals surface area contributed by atoms with Crippen LogP contribution in [0.2, 0.25) is 0 Å². The number of hydrogen-bond donors (Lipinski definition) is 0. The summed E-state index contributed by atoms with van der Waals surface area (Å²) in [6, 6.07) is 3.65. The molecule has 0 spiro atoms. The lowest BCUT2D eigenvalue weighted by atomic mass is 9.89. The molecule has 0 saturated heterocycles. The van der Waals surface area contributed by atoms with Crippen molar-refractivity contribution in [2.24, 2.45) is 5.41 Å². The molecule has 1 aromatic heterocycles. The van der Waals surface area contributed by atoms with Gasteiger partial charge in [-0.1, -0.05) is 13.8 Å². The Hall–Kier alpha value is -1.14. The maximum Gasteiger partial charge on any atom is 0.264 e. The van der Waals surface area contributed by atoms with E-state index in [1.807, 2.05) is 12.1 Å². The quantitative estimate of drug-likeness (QED) is 0.716. The standard InChI is InChI=1S/C11H17NO4S/c1-11(2,9-16-17(3,14)15)10(13)8-12-6-4-5-7-12/h4-7H,8-9H2,1-3H3. The maximum absolute atomic E-state index is 12.0. The van der Waals surface area contributed by atoms with Crippen molar-refractivity contribution in [3.05, 3.63) is 24.5 Å².